The monoisotopic (exact) mass is 501 g/mol. The molecule has 3 N–H and O–H groups in total. The Labute approximate surface area is 197 Å². The minimum absolute atomic E-state index is 0.0349. The molecule has 0 saturated carbocycles. The van der Waals surface area contributed by atoms with Crippen LogP contribution in [0, 0.1) is 5.92 Å². The number of hydroxylamine groups is 1. The Bertz CT molecular complexity index is 1070. The largest absolute Gasteiger partial charge is 0.489 e. The highest BCUT2D eigenvalue weighted by Crippen LogP contribution is 2.33. The Hall–Kier alpha value is -2.04. The first-order valence-electron chi connectivity index (χ1n) is 10.0. The fourth-order valence-corrected chi connectivity index (χ4v) is 5.89. The van der Waals surface area contributed by atoms with Crippen molar-refractivity contribution in [2.45, 2.75) is 37.8 Å². The van der Waals surface area contributed by atoms with E-state index in [1.165, 1.54) is 6.07 Å². The number of carbonyl (C=O) groups is 1. The molecule has 0 aromatic heterocycles. The van der Waals surface area contributed by atoms with Crippen molar-refractivity contribution < 1.29 is 23.2 Å². The fraction of sp³-hybridized carbons (Fsp3) is 0.381. The maximum Gasteiger partial charge on any atom is 0.261 e. The second-order valence-corrected chi connectivity index (χ2v) is 10.6. The third-order valence-electron chi connectivity index (χ3n) is 4.97. The molecule has 0 fully saturated rings. The quantitative estimate of drug-likeness (QED) is 0.392. The highest BCUT2D eigenvalue weighted by atomic mass is 35.5. The molecule has 0 saturated heterocycles. The van der Waals surface area contributed by atoms with Crippen LogP contribution < -0.4 is 15.5 Å². The first kappa shape index (κ1) is 24.6. The fourth-order valence-electron chi connectivity index (χ4n) is 3.57. The van der Waals surface area contributed by atoms with Gasteiger partial charge >= 0.3 is 0 Å². The van der Waals surface area contributed by atoms with E-state index in [-0.39, 0.29) is 36.9 Å². The number of amides is 1. The minimum Gasteiger partial charge on any atom is -0.489 e. The molecule has 0 radical (unpaired) electrons. The number of anilines is 1. The maximum atomic E-state index is 13.4. The summed E-state index contributed by atoms with van der Waals surface area (Å²) in [5.41, 5.74) is 2.75. The van der Waals surface area contributed by atoms with Gasteiger partial charge in [-0.2, -0.15) is 4.31 Å². The number of hydrogen-bond acceptors (Lipinski definition) is 6. The van der Waals surface area contributed by atoms with Gasteiger partial charge in [0, 0.05) is 29.2 Å². The minimum atomic E-state index is -4.01. The van der Waals surface area contributed by atoms with Crippen LogP contribution in [0.4, 0.5) is 5.69 Å². The summed E-state index contributed by atoms with van der Waals surface area (Å²) in [4.78, 5) is 12.3. The first-order chi connectivity index (χ1) is 15.1. The average Bonchev–Trinajstić information content (AvgIpc) is 2.84. The zero-order valence-corrected chi connectivity index (χ0v) is 20.0. The number of rotatable bonds is 7. The average molecular weight is 502 g/mol. The molecule has 2 aromatic rings. The molecule has 1 amide bonds. The number of nitrogens with zero attached hydrogens (tertiary/aromatic N) is 1. The molecule has 1 atom stereocenters. The highest BCUT2D eigenvalue weighted by Gasteiger charge is 2.38. The number of ether oxygens (including phenoxy) is 1. The van der Waals surface area contributed by atoms with Gasteiger partial charge in [-0.25, -0.2) is 13.9 Å². The van der Waals surface area contributed by atoms with Crippen LogP contribution >= 0.6 is 23.2 Å². The summed E-state index contributed by atoms with van der Waals surface area (Å²) in [6, 6.07) is 8.67. The zero-order valence-electron chi connectivity index (χ0n) is 17.6. The summed E-state index contributed by atoms with van der Waals surface area (Å²) >= 11 is 12.0. The Balaban J connectivity index is 1.87. The third-order valence-corrected chi connectivity index (χ3v) is 7.37. The van der Waals surface area contributed by atoms with Gasteiger partial charge in [0.25, 0.3) is 5.91 Å². The van der Waals surface area contributed by atoms with E-state index < -0.39 is 22.0 Å². The predicted molar refractivity (Wildman–Crippen MR) is 123 cm³/mol. The van der Waals surface area contributed by atoms with Crippen LogP contribution in [0.5, 0.6) is 5.75 Å². The van der Waals surface area contributed by atoms with E-state index in [4.69, 9.17) is 33.1 Å². The van der Waals surface area contributed by atoms with Crippen molar-refractivity contribution in [2.24, 2.45) is 5.92 Å². The second kappa shape index (κ2) is 10.3. The zero-order chi connectivity index (χ0) is 23.5. The van der Waals surface area contributed by atoms with Gasteiger partial charge in [-0.15, -0.1) is 0 Å². The molecule has 1 aliphatic rings. The van der Waals surface area contributed by atoms with Gasteiger partial charge in [0.15, 0.2) is 0 Å². The van der Waals surface area contributed by atoms with E-state index in [9.17, 15) is 13.2 Å². The Morgan fingerprint density at radius 3 is 2.53 bits per heavy atom. The van der Waals surface area contributed by atoms with Crippen molar-refractivity contribution in [1.82, 2.24) is 9.79 Å². The van der Waals surface area contributed by atoms with E-state index in [1.807, 2.05) is 13.8 Å². The molecule has 174 valence electrons. The van der Waals surface area contributed by atoms with Crippen molar-refractivity contribution in [3.05, 3.63) is 52.0 Å². The second-order valence-electron chi connectivity index (χ2n) is 7.89. The molecule has 3 rings (SSSR count). The molecular weight excluding hydrogens is 477 g/mol. The van der Waals surface area contributed by atoms with Crippen LogP contribution in [0.25, 0.3) is 0 Å². The third kappa shape index (κ3) is 5.65. The lowest BCUT2D eigenvalue weighted by Crippen LogP contribution is -2.50. The van der Waals surface area contributed by atoms with Crippen LogP contribution in [0.2, 0.25) is 10.0 Å². The SMILES string of the molecule is CC(C)CC(C(=O)NO)N1CCNc2cc(OCc3cc(Cl)cc(Cl)c3)ccc2S1(=O)=O. The van der Waals surface area contributed by atoms with Crippen LogP contribution in [-0.4, -0.2) is 43.0 Å². The molecule has 32 heavy (non-hydrogen) atoms. The number of fused-ring (bicyclic) bond motifs is 1. The smallest absolute Gasteiger partial charge is 0.261 e. The predicted octanol–water partition coefficient (Wildman–Crippen LogP) is 3.91. The van der Waals surface area contributed by atoms with Gasteiger partial charge in [-0.05, 0) is 48.2 Å². The number of halogens is 2. The molecule has 0 bridgehead atoms. The molecule has 11 heteroatoms. The molecule has 1 unspecified atom stereocenters. The van der Waals surface area contributed by atoms with Gasteiger partial charge in [0.1, 0.15) is 23.3 Å². The van der Waals surface area contributed by atoms with E-state index in [0.29, 0.717) is 21.5 Å². The van der Waals surface area contributed by atoms with E-state index in [2.05, 4.69) is 5.32 Å². The van der Waals surface area contributed by atoms with Crippen molar-refractivity contribution in [1.29, 1.82) is 0 Å². The van der Waals surface area contributed by atoms with E-state index >= 15 is 0 Å². The molecule has 1 heterocycles. The maximum absolute atomic E-state index is 13.4. The van der Waals surface area contributed by atoms with Gasteiger partial charge in [-0.1, -0.05) is 37.0 Å². The van der Waals surface area contributed by atoms with E-state index in [1.54, 1.807) is 35.8 Å². The van der Waals surface area contributed by atoms with E-state index in [0.717, 1.165) is 9.87 Å². The summed E-state index contributed by atoms with van der Waals surface area (Å²) in [5.74, 6) is -0.257. The molecule has 0 spiro atoms. The lowest BCUT2D eigenvalue weighted by atomic mass is 10.0. The molecule has 0 aliphatic carbocycles. The topological polar surface area (TPSA) is 108 Å². The van der Waals surface area contributed by atoms with Gasteiger partial charge < -0.3 is 10.1 Å². The number of carbonyl (C=O) groups excluding carboxylic acids is 1. The number of nitrogens with one attached hydrogen (secondary N) is 2. The molecular formula is C21H25Cl2N3O5S. The van der Waals surface area contributed by atoms with Gasteiger partial charge in [-0.3, -0.25) is 10.0 Å². The summed E-state index contributed by atoms with van der Waals surface area (Å²) in [6.07, 6.45) is 0.268. The van der Waals surface area contributed by atoms with Crippen LogP contribution in [-0.2, 0) is 21.4 Å². The summed E-state index contributed by atoms with van der Waals surface area (Å²) in [5, 5.41) is 13.2. The normalized spacial score (nSPS) is 16.6. The Kier molecular flexibility index (Phi) is 7.89. The molecule has 8 nitrogen and oxygen atoms in total. The summed E-state index contributed by atoms with van der Waals surface area (Å²) < 4.78 is 33.7. The van der Waals surface area contributed by atoms with Gasteiger partial charge in [0.2, 0.25) is 10.0 Å². The molecule has 1 aliphatic heterocycles. The lowest BCUT2D eigenvalue weighted by Gasteiger charge is -2.29. The van der Waals surface area contributed by atoms with Crippen molar-refractivity contribution in [3.8, 4) is 5.75 Å². The highest BCUT2D eigenvalue weighted by molar-refractivity contribution is 7.89. The van der Waals surface area contributed by atoms with Crippen LogP contribution in [0.15, 0.2) is 41.3 Å². The van der Waals surface area contributed by atoms with Crippen molar-refractivity contribution in [3.63, 3.8) is 0 Å². The number of hydrogen-bond donors (Lipinski definition) is 3. The van der Waals surface area contributed by atoms with Crippen LogP contribution in [0.3, 0.4) is 0 Å². The summed E-state index contributed by atoms with van der Waals surface area (Å²) in [7, 11) is -4.01. The van der Waals surface area contributed by atoms with Crippen LogP contribution in [0.1, 0.15) is 25.8 Å². The molecule has 2 aromatic carbocycles. The van der Waals surface area contributed by atoms with Crippen molar-refractivity contribution >= 4 is 44.8 Å². The standard InChI is InChI=1S/C21H25Cl2N3O5S/c1-13(2)7-19(21(27)25-28)26-6-5-24-18-11-17(3-4-20(18)32(26,29)30)31-12-14-8-15(22)10-16(23)9-14/h3-4,8-11,13,19,24,28H,5-7,12H2,1-2H3,(H,25,27). The Morgan fingerprint density at radius 1 is 1.22 bits per heavy atom. The lowest BCUT2D eigenvalue weighted by molar-refractivity contribution is -0.133. The van der Waals surface area contributed by atoms with Gasteiger partial charge in [0.05, 0.1) is 5.69 Å². The number of benzene rings is 2. The summed E-state index contributed by atoms with van der Waals surface area (Å²) in [6.45, 7) is 4.31. The Morgan fingerprint density at radius 2 is 1.91 bits per heavy atom. The first-order valence-corrected chi connectivity index (χ1v) is 12.2. The van der Waals surface area contributed by atoms with Crippen molar-refractivity contribution in [2.75, 3.05) is 18.4 Å². The number of sulfonamides is 1.